The highest BCUT2D eigenvalue weighted by Gasteiger charge is 2.52. The van der Waals surface area contributed by atoms with E-state index < -0.39 is 5.41 Å². The summed E-state index contributed by atoms with van der Waals surface area (Å²) < 4.78 is 11.0. The van der Waals surface area contributed by atoms with E-state index in [1.165, 1.54) is 0 Å². The van der Waals surface area contributed by atoms with Crippen molar-refractivity contribution in [1.29, 1.82) is 0 Å². The summed E-state index contributed by atoms with van der Waals surface area (Å²) in [5.74, 6) is 1.19. The Labute approximate surface area is 140 Å². The third kappa shape index (κ3) is 2.52. The van der Waals surface area contributed by atoms with Gasteiger partial charge >= 0.3 is 5.97 Å². The topological polar surface area (TPSA) is 35.5 Å². The first-order chi connectivity index (χ1) is 11.7. The van der Waals surface area contributed by atoms with Crippen LogP contribution in [0.4, 0.5) is 0 Å². The highest BCUT2D eigenvalue weighted by Crippen LogP contribution is 2.49. The van der Waals surface area contributed by atoms with Crippen LogP contribution in [-0.2, 0) is 10.2 Å². The van der Waals surface area contributed by atoms with E-state index in [1.54, 1.807) is 7.11 Å². The van der Waals surface area contributed by atoms with E-state index in [9.17, 15) is 4.79 Å². The van der Waals surface area contributed by atoms with Crippen molar-refractivity contribution in [3.63, 3.8) is 0 Å². The molecule has 0 aromatic heterocycles. The standard InChI is InChI=1S/C21H18O3/c1-23-18-9-7-15-8-10-19(14-16(15)13-18)24-20(22)21(11-12-21)17-5-3-2-4-6-17/h2-10,13-14H,11-12H2,1H3. The SMILES string of the molecule is COc1ccc2ccc(OC(=O)C3(c4ccccc4)CC3)cc2c1. The van der Waals surface area contributed by atoms with Crippen LogP contribution in [0.5, 0.6) is 11.5 Å². The normalized spacial score (nSPS) is 15.0. The molecule has 0 spiro atoms. The number of ether oxygens (including phenoxy) is 2. The predicted molar refractivity (Wildman–Crippen MR) is 93.5 cm³/mol. The number of benzene rings is 3. The molecule has 4 rings (SSSR count). The summed E-state index contributed by atoms with van der Waals surface area (Å²) in [5.41, 5.74) is 0.572. The average Bonchev–Trinajstić information content (AvgIpc) is 3.44. The Bertz CT molecular complexity index is 895. The first-order valence-corrected chi connectivity index (χ1v) is 8.07. The lowest BCUT2D eigenvalue weighted by molar-refractivity contribution is -0.137. The molecule has 0 unspecified atom stereocenters. The summed E-state index contributed by atoms with van der Waals surface area (Å²) in [4.78, 5) is 12.7. The molecule has 120 valence electrons. The lowest BCUT2D eigenvalue weighted by Crippen LogP contribution is -2.25. The van der Waals surface area contributed by atoms with Gasteiger partial charge in [-0.15, -0.1) is 0 Å². The van der Waals surface area contributed by atoms with Gasteiger partial charge in [0, 0.05) is 0 Å². The predicted octanol–water partition coefficient (Wildman–Crippen LogP) is 4.49. The van der Waals surface area contributed by atoms with Gasteiger partial charge in [-0.1, -0.05) is 42.5 Å². The van der Waals surface area contributed by atoms with Crippen molar-refractivity contribution < 1.29 is 14.3 Å². The lowest BCUT2D eigenvalue weighted by Gasteiger charge is -2.15. The second kappa shape index (κ2) is 5.68. The number of esters is 1. The zero-order valence-corrected chi connectivity index (χ0v) is 13.5. The number of carbonyl (C=O) groups excluding carboxylic acids is 1. The third-order valence-corrected chi connectivity index (χ3v) is 4.70. The second-order valence-corrected chi connectivity index (χ2v) is 6.21. The minimum atomic E-state index is -0.468. The molecule has 0 bridgehead atoms. The molecule has 1 saturated carbocycles. The van der Waals surface area contributed by atoms with Gasteiger partial charge in [0.1, 0.15) is 11.5 Å². The van der Waals surface area contributed by atoms with Crippen LogP contribution in [0.15, 0.2) is 66.7 Å². The summed E-state index contributed by atoms with van der Waals surface area (Å²) in [6.45, 7) is 0. The van der Waals surface area contributed by atoms with Crippen molar-refractivity contribution in [3.8, 4) is 11.5 Å². The largest absolute Gasteiger partial charge is 0.497 e. The molecule has 1 aliphatic rings. The number of hydrogen-bond donors (Lipinski definition) is 0. The van der Waals surface area contributed by atoms with E-state index in [2.05, 4.69) is 0 Å². The minimum absolute atomic E-state index is 0.170. The van der Waals surface area contributed by atoms with E-state index in [1.807, 2.05) is 66.7 Å². The van der Waals surface area contributed by atoms with Crippen LogP contribution < -0.4 is 9.47 Å². The fourth-order valence-electron chi connectivity index (χ4n) is 3.09. The molecule has 0 saturated heterocycles. The molecule has 1 fully saturated rings. The van der Waals surface area contributed by atoms with Crippen LogP contribution in [0.2, 0.25) is 0 Å². The van der Waals surface area contributed by atoms with Crippen LogP contribution in [0.1, 0.15) is 18.4 Å². The molecular weight excluding hydrogens is 300 g/mol. The zero-order valence-electron chi connectivity index (χ0n) is 13.5. The first-order valence-electron chi connectivity index (χ1n) is 8.07. The van der Waals surface area contributed by atoms with Gasteiger partial charge in [0.15, 0.2) is 0 Å². The van der Waals surface area contributed by atoms with Gasteiger partial charge < -0.3 is 9.47 Å². The van der Waals surface area contributed by atoms with Crippen LogP contribution >= 0.6 is 0 Å². The Morgan fingerprint density at radius 2 is 1.54 bits per heavy atom. The van der Waals surface area contributed by atoms with E-state index in [-0.39, 0.29) is 5.97 Å². The minimum Gasteiger partial charge on any atom is -0.497 e. The molecule has 0 N–H and O–H groups in total. The van der Waals surface area contributed by atoms with Gasteiger partial charge in [0.05, 0.1) is 12.5 Å². The molecule has 0 aliphatic heterocycles. The van der Waals surface area contributed by atoms with Crippen LogP contribution in [0.25, 0.3) is 10.8 Å². The van der Waals surface area contributed by atoms with E-state index >= 15 is 0 Å². The Morgan fingerprint density at radius 3 is 2.21 bits per heavy atom. The molecule has 3 nitrogen and oxygen atoms in total. The summed E-state index contributed by atoms with van der Waals surface area (Å²) in [7, 11) is 1.64. The van der Waals surface area contributed by atoms with Crippen molar-refractivity contribution in [2.75, 3.05) is 7.11 Å². The van der Waals surface area contributed by atoms with Crippen molar-refractivity contribution in [2.24, 2.45) is 0 Å². The monoisotopic (exact) mass is 318 g/mol. The van der Waals surface area contributed by atoms with Gasteiger partial charge in [-0.2, -0.15) is 0 Å². The zero-order chi connectivity index (χ0) is 16.6. The second-order valence-electron chi connectivity index (χ2n) is 6.21. The van der Waals surface area contributed by atoms with E-state index in [0.29, 0.717) is 5.75 Å². The van der Waals surface area contributed by atoms with Gasteiger partial charge in [-0.3, -0.25) is 4.79 Å². The van der Waals surface area contributed by atoms with Gasteiger partial charge in [0.25, 0.3) is 0 Å². The molecule has 0 amide bonds. The Kier molecular flexibility index (Phi) is 3.49. The van der Waals surface area contributed by atoms with Gasteiger partial charge in [0.2, 0.25) is 0 Å². The molecule has 24 heavy (non-hydrogen) atoms. The summed E-state index contributed by atoms with van der Waals surface area (Å²) in [5, 5.41) is 2.07. The number of fused-ring (bicyclic) bond motifs is 1. The molecule has 1 aliphatic carbocycles. The number of hydrogen-bond acceptors (Lipinski definition) is 3. The van der Waals surface area contributed by atoms with Crippen LogP contribution in [-0.4, -0.2) is 13.1 Å². The molecular formula is C21H18O3. The van der Waals surface area contributed by atoms with Crippen LogP contribution in [0.3, 0.4) is 0 Å². The Balaban J connectivity index is 1.61. The molecule has 3 heteroatoms. The molecule has 0 radical (unpaired) electrons. The van der Waals surface area contributed by atoms with Gasteiger partial charge in [-0.25, -0.2) is 0 Å². The van der Waals surface area contributed by atoms with E-state index in [4.69, 9.17) is 9.47 Å². The van der Waals surface area contributed by atoms with Crippen molar-refractivity contribution >= 4 is 16.7 Å². The van der Waals surface area contributed by atoms with Crippen molar-refractivity contribution in [3.05, 3.63) is 72.3 Å². The maximum absolute atomic E-state index is 12.7. The van der Waals surface area contributed by atoms with E-state index in [0.717, 1.165) is 34.9 Å². The maximum atomic E-state index is 12.7. The summed E-state index contributed by atoms with van der Waals surface area (Å²) in [6.07, 6.45) is 1.69. The van der Waals surface area contributed by atoms with Crippen molar-refractivity contribution in [2.45, 2.75) is 18.3 Å². The average molecular weight is 318 g/mol. The smallest absolute Gasteiger partial charge is 0.321 e. The number of methoxy groups -OCH3 is 1. The highest BCUT2D eigenvalue weighted by molar-refractivity contribution is 5.90. The lowest BCUT2D eigenvalue weighted by atomic mass is 9.96. The quantitative estimate of drug-likeness (QED) is 0.525. The maximum Gasteiger partial charge on any atom is 0.321 e. The summed E-state index contributed by atoms with van der Waals surface area (Å²) >= 11 is 0. The molecule has 0 heterocycles. The Hall–Kier alpha value is -2.81. The van der Waals surface area contributed by atoms with Gasteiger partial charge in [-0.05, 0) is 53.4 Å². The first kappa shape index (κ1) is 14.8. The fourth-order valence-corrected chi connectivity index (χ4v) is 3.09. The van der Waals surface area contributed by atoms with Crippen molar-refractivity contribution in [1.82, 2.24) is 0 Å². The molecule has 3 aromatic carbocycles. The molecule has 3 aromatic rings. The number of carbonyl (C=O) groups is 1. The fraction of sp³-hybridized carbons (Fsp3) is 0.190. The number of rotatable bonds is 4. The summed E-state index contributed by atoms with van der Waals surface area (Å²) in [6, 6.07) is 21.4. The van der Waals surface area contributed by atoms with Crippen LogP contribution in [0, 0.1) is 0 Å². The Morgan fingerprint density at radius 1 is 0.875 bits per heavy atom. The third-order valence-electron chi connectivity index (χ3n) is 4.70. The molecule has 0 atom stereocenters. The highest BCUT2D eigenvalue weighted by atomic mass is 16.5.